The summed E-state index contributed by atoms with van der Waals surface area (Å²) in [5.41, 5.74) is 2.93. The number of carbonyl (C=O) groups is 1. The van der Waals surface area contributed by atoms with Crippen LogP contribution in [-0.4, -0.2) is 39.3 Å². The minimum atomic E-state index is -3.49. The third-order valence-electron chi connectivity index (χ3n) is 4.75. The van der Waals surface area contributed by atoms with Crippen LogP contribution in [0.15, 0.2) is 48.5 Å². The zero-order valence-corrected chi connectivity index (χ0v) is 17.0. The molecule has 1 amide bonds. The minimum Gasteiger partial charge on any atom is -0.476 e. The van der Waals surface area contributed by atoms with E-state index in [0.29, 0.717) is 18.0 Å². The van der Waals surface area contributed by atoms with Crippen molar-refractivity contribution < 1.29 is 17.9 Å². The number of rotatable bonds is 7. The fourth-order valence-corrected chi connectivity index (χ4v) is 4.37. The molecule has 1 aliphatic heterocycles. The second-order valence-electron chi connectivity index (χ2n) is 6.89. The molecule has 6 nitrogen and oxygen atoms in total. The van der Waals surface area contributed by atoms with Crippen LogP contribution in [0.4, 0.5) is 5.69 Å². The molecule has 150 valence electrons. The predicted molar refractivity (Wildman–Crippen MR) is 110 cm³/mol. The number of hydrogen-bond donors (Lipinski definition) is 1. The van der Waals surface area contributed by atoms with E-state index in [1.165, 1.54) is 15.4 Å². The van der Waals surface area contributed by atoms with Crippen LogP contribution in [0.2, 0.25) is 0 Å². The number of anilines is 1. The summed E-state index contributed by atoms with van der Waals surface area (Å²) in [7, 11) is -3.49. The number of carbonyl (C=O) groups excluding carboxylic acids is 1. The van der Waals surface area contributed by atoms with Crippen LogP contribution < -0.4 is 14.4 Å². The molecule has 1 N–H and O–H groups in total. The highest BCUT2D eigenvalue weighted by molar-refractivity contribution is 7.92. The van der Waals surface area contributed by atoms with Crippen molar-refractivity contribution in [2.75, 3.05) is 23.1 Å². The number of nitrogens with one attached hydrogen (secondary N) is 1. The lowest BCUT2D eigenvalue weighted by molar-refractivity contribution is -0.127. The van der Waals surface area contributed by atoms with Gasteiger partial charge in [0.25, 0.3) is 5.91 Å². The van der Waals surface area contributed by atoms with Crippen LogP contribution in [-0.2, 0) is 21.2 Å². The first-order valence-electron chi connectivity index (χ1n) is 9.50. The zero-order valence-electron chi connectivity index (χ0n) is 16.2. The molecule has 0 saturated carbocycles. The van der Waals surface area contributed by atoms with Gasteiger partial charge in [-0.2, -0.15) is 0 Å². The molecule has 2 aromatic carbocycles. The number of fused-ring (bicyclic) bond motifs is 1. The summed E-state index contributed by atoms with van der Waals surface area (Å²) in [4.78, 5) is 12.6. The molecule has 7 heteroatoms. The van der Waals surface area contributed by atoms with E-state index in [1.807, 2.05) is 6.07 Å². The smallest absolute Gasteiger partial charge is 0.263 e. The Labute approximate surface area is 166 Å². The Bertz CT molecular complexity index is 943. The number of amides is 1. The van der Waals surface area contributed by atoms with Gasteiger partial charge in [-0.05, 0) is 44.4 Å². The summed E-state index contributed by atoms with van der Waals surface area (Å²) in [6, 6.07) is 15.2. The third kappa shape index (κ3) is 4.65. The highest BCUT2D eigenvalue weighted by Crippen LogP contribution is 2.35. The van der Waals surface area contributed by atoms with Gasteiger partial charge in [0.1, 0.15) is 5.75 Å². The Kier molecular flexibility index (Phi) is 6.24. The standard InChI is InChI=1S/C21H26N2O4S/c1-3-28(25,26)23-15-20(27-19-12-5-4-11-18(19)23)21(24)22-13-7-10-17-9-6-8-16(2)14-17/h4-6,8-9,11-12,14,20H,3,7,10,13,15H2,1-2H3,(H,22,24). The van der Waals surface area contributed by atoms with Crippen molar-refractivity contribution in [1.29, 1.82) is 0 Å². The predicted octanol–water partition coefficient (Wildman–Crippen LogP) is 2.66. The molecule has 0 aromatic heterocycles. The lowest BCUT2D eigenvalue weighted by Gasteiger charge is -2.34. The summed E-state index contributed by atoms with van der Waals surface area (Å²) in [5.74, 6) is 0.0762. The number of hydrogen-bond acceptors (Lipinski definition) is 4. The van der Waals surface area contributed by atoms with Crippen molar-refractivity contribution in [1.82, 2.24) is 5.32 Å². The molecule has 0 saturated heterocycles. The molecule has 1 heterocycles. The maximum Gasteiger partial charge on any atom is 0.263 e. The molecule has 0 fully saturated rings. The van der Waals surface area contributed by atoms with Crippen molar-refractivity contribution in [3.05, 3.63) is 59.7 Å². The van der Waals surface area contributed by atoms with E-state index in [-0.39, 0.29) is 18.2 Å². The Hall–Kier alpha value is -2.54. The summed E-state index contributed by atoms with van der Waals surface area (Å²) in [6.45, 7) is 4.14. The third-order valence-corrected chi connectivity index (χ3v) is 6.50. The van der Waals surface area contributed by atoms with Gasteiger partial charge < -0.3 is 10.1 Å². The monoisotopic (exact) mass is 402 g/mol. The van der Waals surface area contributed by atoms with Gasteiger partial charge >= 0.3 is 0 Å². The zero-order chi connectivity index (χ0) is 20.1. The average molecular weight is 403 g/mol. The van der Waals surface area contributed by atoms with Gasteiger partial charge in [0, 0.05) is 6.54 Å². The largest absolute Gasteiger partial charge is 0.476 e. The van der Waals surface area contributed by atoms with Crippen LogP contribution in [0.3, 0.4) is 0 Å². The van der Waals surface area contributed by atoms with Crippen LogP contribution in [0.25, 0.3) is 0 Å². The first-order valence-corrected chi connectivity index (χ1v) is 11.1. The quantitative estimate of drug-likeness (QED) is 0.723. The highest BCUT2D eigenvalue weighted by Gasteiger charge is 2.35. The van der Waals surface area contributed by atoms with Crippen molar-refractivity contribution in [3.8, 4) is 5.75 Å². The molecule has 1 aliphatic rings. The van der Waals surface area contributed by atoms with Crippen LogP contribution >= 0.6 is 0 Å². The van der Waals surface area contributed by atoms with E-state index in [1.54, 1.807) is 31.2 Å². The van der Waals surface area contributed by atoms with Crippen LogP contribution in [0.5, 0.6) is 5.75 Å². The average Bonchev–Trinajstić information content (AvgIpc) is 2.70. The van der Waals surface area contributed by atoms with E-state index < -0.39 is 16.1 Å². The van der Waals surface area contributed by atoms with Crippen LogP contribution in [0.1, 0.15) is 24.5 Å². The molecule has 2 aromatic rings. The van der Waals surface area contributed by atoms with E-state index in [2.05, 4.69) is 30.4 Å². The lowest BCUT2D eigenvalue weighted by atomic mass is 10.1. The van der Waals surface area contributed by atoms with Gasteiger partial charge in [-0.15, -0.1) is 0 Å². The van der Waals surface area contributed by atoms with E-state index in [9.17, 15) is 13.2 Å². The molecular weight excluding hydrogens is 376 g/mol. The summed E-state index contributed by atoms with van der Waals surface area (Å²) >= 11 is 0. The van der Waals surface area contributed by atoms with E-state index in [0.717, 1.165) is 12.8 Å². The highest BCUT2D eigenvalue weighted by atomic mass is 32.2. The fraction of sp³-hybridized carbons (Fsp3) is 0.381. The van der Waals surface area contributed by atoms with E-state index >= 15 is 0 Å². The van der Waals surface area contributed by atoms with Crippen molar-refractivity contribution >= 4 is 21.6 Å². The number of aryl methyl sites for hydroxylation is 2. The summed E-state index contributed by atoms with van der Waals surface area (Å²) < 4.78 is 32.0. The summed E-state index contributed by atoms with van der Waals surface area (Å²) in [6.07, 6.45) is 0.803. The number of sulfonamides is 1. The molecule has 1 unspecified atom stereocenters. The molecule has 0 bridgehead atoms. The van der Waals surface area contributed by atoms with Gasteiger partial charge in [-0.1, -0.05) is 42.0 Å². The first kappa shape index (κ1) is 20.2. The Balaban J connectivity index is 1.61. The van der Waals surface area contributed by atoms with Crippen LogP contribution in [0, 0.1) is 6.92 Å². The minimum absolute atomic E-state index is 0.0170. The molecular formula is C21H26N2O4S. The Morgan fingerprint density at radius 1 is 1.21 bits per heavy atom. The van der Waals surface area contributed by atoms with Crippen molar-refractivity contribution in [2.24, 2.45) is 0 Å². The van der Waals surface area contributed by atoms with Gasteiger partial charge in [-0.3, -0.25) is 9.10 Å². The van der Waals surface area contributed by atoms with Gasteiger partial charge in [0.05, 0.1) is 18.0 Å². The molecule has 0 spiro atoms. The molecule has 0 aliphatic carbocycles. The van der Waals surface area contributed by atoms with Gasteiger partial charge in [0.2, 0.25) is 10.0 Å². The Morgan fingerprint density at radius 2 is 2.00 bits per heavy atom. The number of benzene rings is 2. The number of nitrogens with zero attached hydrogens (tertiary/aromatic N) is 1. The van der Waals surface area contributed by atoms with Crippen molar-refractivity contribution in [2.45, 2.75) is 32.8 Å². The molecule has 1 atom stereocenters. The molecule has 3 rings (SSSR count). The normalized spacial score (nSPS) is 16.2. The van der Waals surface area contributed by atoms with Gasteiger partial charge in [0.15, 0.2) is 6.10 Å². The first-order chi connectivity index (χ1) is 13.4. The number of ether oxygens (including phenoxy) is 1. The maximum atomic E-state index is 12.6. The fourth-order valence-electron chi connectivity index (χ4n) is 3.24. The maximum absolute atomic E-state index is 12.6. The topological polar surface area (TPSA) is 75.7 Å². The number of para-hydroxylation sites is 2. The molecule has 0 radical (unpaired) electrons. The second-order valence-corrected chi connectivity index (χ2v) is 9.07. The Morgan fingerprint density at radius 3 is 2.75 bits per heavy atom. The van der Waals surface area contributed by atoms with Gasteiger partial charge in [-0.25, -0.2) is 8.42 Å². The summed E-state index contributed by atoms with van der Waals surface area (Å²) in [5, 5.41) is 2.87. The molecule has 28 heavy (non-hydrogen) atoms. The van der Waals surface area contributed by atoms with E-state index in [4.69, 9.17) is 4.74 Å². The lowest BCUT2D eigenvalue weighted by Crippen LogP contribution is -2.51. The SMILES string of the molecule is CCS(=O)(=O)N1CC(C(=O)NCCCc2cccc(C)c2)Oc2ccccc21. The van der Waals surface area contributed by atoms with Crippen molar-refractivity contribution in [3.63, 3.8) is 0 Å². The second kappa shape index (κ2) is 8.65.